The second-order valence-electron chi connectivity index (χ2n) is 5.61. The van der Waals surface area contributed by atoms with Crippen LogP contribution in [0.1, 0.15) is 25.5 Å². The highest BCUT2D eigenvalue weighted by molar-refractivity contribution is 5.94. The van der Waals surface area contributed by atoms with Crippen LogP contribution in [-0.4, -0.2) is 31.2 Å². The maximum Gasteiger partial charge on any atom is 0.405 e. The highest BCUT2D eigenvalue weighted by atomic mass is 19.4. The molecule has 4 N–H and O–H groups in total. The highest BCUT2D eigenvalue weighted by Gasteiger charge is 2.28. The van der Waals surface area contributed by atoms with Crippen molar-refractivity contribution in [2.24, 2.45) is 5.92 Å². The quantitative estimate of drug-likeness (QED) is 0.680. The predicted octanol–water partition coefficient (Wildman–Crippen LogP) is 1.47. The third-order valence-electron chi connectivity index (χ3n) is 3.23. The molecule has 3 amide bonds. The average Bonchev–Trinajstić information content (AvgIpc) is 2.46. The molecule has 0 heterocycles. The summed E-state index contributed by atoms with van der Waals surface area (Å²) in [5.41, 5.74) is 0.806. The van der Waals surface area contributed by atoms with Gasteiger partial charge in [-0.15, -0.1) is 0 Å². The van der Waals surface area contributed by atoms with Gasteiger partial charge in [0.05, 0.1) is 0 Å². The number of quaternary nitrogens is 1. The molecule has 24 heavy (non-hydrogen) atoms. The Kier molecular flexibility index (Phi) is 7.15. The lowest BCUT2D eigenvalue weighted by molar-refractivity contribution is -0.692. The van der Waals surface area contributed by atoms with Crippen molar-refractivity contribution in [1.82, 2.24) is 10.6 Å². The number of rotatable bonds is 6. The van der Waals surface area contributed by atoms with E-state index in [0.717, 1.165) is 5.56 Å². The summed E-state index contributed by atoms with van der Waals surface area (Å²) in [5, 5.41) is 5.02. The molecular weight excluding hydrogens is 330 g/mol. The van der Waals surface area contributed by atoms with Crippen LogP contribution < -0.4 is 16.0 Å². The molecule has 1 atom stereocenters. The van der Waals surface area contributed by atoms with E-state index in [1.54, 1.807) is 22.8 Å². The van der Waals surface area contributed by atoms with Gasteiger partial charge in [-0.05, 0) is 12.1 Å². The van der Waals surface area contributed by atoms with E-state index in [1.807, 2.05) is 19.2 Å². The number of halogens is 4. The van der Waals surface area contributed by atoms with Crippen LogP contribution in [0.3, 0.4) is 0 Å². The molecule has 0 radical (unpaired) electrons. The van der Waals surface area contributed by atoms with Crippen molar-refractivity contribution in [2.75, 3.05) is 13.1 Å². The number of hydrogen-bond acceptors (Lipinski definition) is 2. The van der Waals surface area contributed by atoms with E-state index >= 15 is 0 Å². The molecule has 1 rings (SSSR count). The molecule has 0 saturated heterocycles. The molecule has 0 aliphatic rings. The first kappa shape index (κ1) is 19.9. The van der Waals surface area contributed by atoms with Gasteiger partial charge in [-0.1, -0.05) is 26.0 Å². The Labute approximate surface area is 136 Å². The first-order valence-corrected chi connectivity index (χ1v) is 7.31. The first-order chi connectivity index (χ1) is 11.1. The maximum atomic E-state index is 13.0. The summed E-state index contributed by atoms with van der Waals surface area (Å²) in [6.45, 7) is 2.16. The fraction of sp³-hybridized carbons (Fsp3) is 0.467. The Morgan fingerprint density at radius 3 is 2.25 bits per heavy atom. The fourth-order valence-corrected chi connectivity index (χ4v) is 2.11. The molecule has 1 aromatic carbocycles. The highest BCUT2D eigenvalue weighted by Crippen LogP contribution is 2.17. The van der Waals surface area contributed by atoms with Crippen LogP contribution in [0, 0.1) is 11.7 Å². The number of benzene rings is 1. The molecule has 0 unspecified atom stereocenters. The number of imide groups is 1. The van der Waals surface area contributed by atoms with Crippen molar-refractivity contribution in [3.63, 3.8) is 0 Å². The summed E-state index contributed by atoms with van der Waals surface area (Å²) in [6, 6.07) is 4.46. The number of hydrogen-bond donors (Lipinski definition) is 3. The molecule has 0 saturated carbocycles. The van der Waals surface area contributed by atoms with Crippen LogP contribution >= 0.6 is 0 Å². The van der Waals surface area contributed by atoms with Gasteiger partial charge in [-0.25, -0.2) is 9.18 Å². The van der Waals surface area contributed by atoms with E-state index < -0.39 is 24.7 Å². The van der Waals surface area contributed by atoms with E-state index in [4.69, 9.17) is 0 Å². The molecule has 0 spiro atoms. The van der Waals surface area contributed by atoms with Crippen LogP contribution in [0.4, 0.5) is 22.4 Å². The molecule has 1 aromatic rings. The van der Waals surface area contributed by atoms with Crippen molar-refractivity contribution in [3.8, 4) is 0 Å². The standard InChI is InChI=1S/C15H19F4N3O2/c1-9(2)13(10-3-5-11(16)6-4-10)20-7-12(23)22-14(24)21-8-15(17,18)19/h3-6,9,13,20H,7-8H2,1-2H3,(H2,21,22,23,24)/p+1/t13-/m0/s1. The third-order valence-corrected chi connectivity index (χ3v) is 3.23. The second-order valence-corrected chi connectivity index (χ2v) is 5.61. The van der Waals surface area contributed by atoms with Crippen LogP contribution in [0.2, 0.25) is 0 Å². The van der Waals surface area contributed by atoms with Gasteiger partial charge in [0.1, 0.15) is 18.4 Å². The van der Waals surface area contributed by atoms with E-state index in [2.05, 4.69) is 0 Å². The Hall–Kier alpha value is -2.16. The van der Waals surface area contributed by atoms with Crippen LogP contribution in [0.5, 0.6) is 0 Å². The monoisotopic (exact) mass is 350 g/mol. The summed E-state index contributed by atoms with van der Waals surface area (Å²) in [4.78, 5) is 22.8. The number of amides is 3. The van der Waals surface area contributed by atoms with E-state index in [9.17, 15) is 27.2 Å². The number of carbonyl (C=O) groups is 2. The van der Waals surface area contributed by atoms with Crippen molar-refractivity contribution in [3.05, 3.63) is 35.6 Å². The Morgan fingerprint density at radius 2 is 1.75 bits per heavy atom. The van der Waals surface area contributed by atoms with Crippen LogP contribution in [-0.2, 0) is 4.79 Å². The van der Waals surface area contributed by atoms with Crippen LogP contribution in [0.15, 0.2) is 24.3 Å². The lowest BCUT2D eigenvalue weighted by atomic mass is 9.96. The van der Waals surface area contributed by atoms with Gasteiger partial charge in [0.25, 0.3) is 5.91 Å². The molecular formula is C15H20F4N3O2+. The number of alkyl halides is 3. The van der Waals surface area contributed by atoms with Gasteiger partial charge in [0, 0.05) is 11.5 Å². The Morgan fingerprint density at radius 1 is 1.17 bits per heavy atom. The number of urea groups is 1. The molecule has 0 aliphatic heterocycles. The zero-order valence-corrected chi connectivity index (χ0v) is 13.3. The zero-order valence-electron chi connectivity index (χ0n) is 13.3. The van der Waals surface area contributed by atoms with Crippen LogP contribution in [0.25, 0.3) is 0 Å². The average molecular weight is 350 g/mol. The largest absolute Gasteiger partial charge is 0.405 e. The first-order valence-electron chi connectivity index (χ1n) is 7.31. The maximum absolute atomic E-state index is 13.0. The summed E-state index contributed by atoms with van der Waals surface area (Å²) >= 11 is 0. The third kappa shape index (κ3) is 7.40. The second kappa shape index (κ2) is 8.62. The topological polar surface area (TPSA) is 74.8 Å². The molecule has 0 aromatic heterocycles. The van der Waals surface area contributed by atoms with E-state index in [0.29, 0.717) is 0 Å². The minimum Gasteiger partial charge on any atom is -0.332 e. The zero-order chi connectivity index (χ0) is 18.3. The summed E-state index contributed by atoms with van der Waals surface area (Å²) < 4.78 is 48.8. The smallest absolute Gasteiger partial charge is 0.332 e. The summed E-state index contributed by atoms with van der Waals surface area (Å²) in [6.07, 6.45) is -4.54. The lowest BCUT2D eigenvalue weighted by Gasteiger charge is -2.19. The Bertz CT molecular complexity index is 559. The lowest BCUT2D eigenvalue weighted by Crippen LogP contribution is -2.88. The molecule has 0 fully saturated rings. The van der Waals surface area contributed by atoms with Gasteiger partial charge in [-0.2, -0.15) is 13.2 Å². The van der Waals surface area contributed by atoms with Crippen molar-refractivity contribution in [2.45, 2.75) is 26.1 Å². The van der Waals surface area contributed by atoms with E-state index in [1.165, 1.54) is 12.1 Å². The molecule has 0 aliphatic carbocycles. The molecule has 5 nitrogen and oxygen atoms in total. The minimum absolute atomic E-state index is 0.113. The Balaban J connectivity index is 2.51. The van der Waals surface area contributed by atoms with Gasteiger partial charge >= 0.3 is 12.2 Å². The summed E-state index contributed by atoms with van der Waals surface area (Å²) in [5.74, 6) is -0.981. The number of carbonyl (C=O) groups excluding carboxylic acids is 2. The van der Waals surface area contributed by atoms with Gasteiger partial charge < -0.3 is 10.6 Å². The SMILES string of the molecule is CC(C)[C@H]([NH2+]CC(=O)NC(=O)NCC(F)(F)F)c1ccc(F)cc1. The normalized spacial score (nSPS) is 12.8. The van der Waals surface area contributed by atoms with Gasteiger partial charge in [0.2, 0.25) is 0 Å². The van der Waals surface area contributed by atoms with Crippen molar-refractivity contribution < 1.29 is 32.5 Å². The van der Waals surface area contributed by atoms with Gasteiger partial charge in [-0.3, -0.25) is 10.1 Å². The number of nitrogens with two attached hydrogens (primary N) is 1. The molecule has 0 bridgehead atoms. The predicted molar refractivity (Wildman–Crippen MR) is 78.4 cm³/mol. The number of nitrogens with one attached hydrogen (secondary N) is 2. The van der Waals surface area contributed by atoms with Crippen molar-refractivity contribution in [1.29, 1.82) is 0 Å². The molecule has 134 valence electrons. The van der Waals surface area contributed by atoms with E-state index in [-0.39, 0.29) is 24.3 Å². The van der Waals surface area contributed by atoms with Crippen molar-refractivity contribution >= 4 is 11.9 Å². The molecule has 9 heteroatoms. The van der Waals surface area contributed by atoms with Gasteiger partial charge in [0.15, 0.2) is 6.54 Å². The minimum atomic E-state index is -4.54. The fourth-order valence-electron chi connectivity index (χ4n) is 2.11. The summed E-state index contributed by atoms with van der Waals surface area (Å²) in [7, 11) is 0.